The lowest BCUT2D eigenvalue weighted by Gasteiger charge is -2.34. The second kappa shape index (κ2) is 7.10. The third-order valence-corrected chi connectivity index (χ3v) is 4.39. The summed E-state index contributed by atoms with van der Waals surface area (Å²) in [6.45, 7) is 2.94. The highest BCUT2D eigenvalue weighted by molar-refractivity contribution is 9.10. The van der Waals surface area contributed by atoms with E-state index < -0.39 is 0 Å². The fourth-order valence-electron chi connectivity index (χ4n) is 2.63. The quantitative estimate of drug-likeness (QED) is 0.769. The van der Waals surface area contributed by atoms with Crippen LogP contribution in [0.3, 0.4) is 0 Å². The van der Waals surface area contributed by atoms with Gasteiger partial charge in [0.2, 0.25) is 5.78 Å². The lowest BCUT2D eigenvalue weighted by molar-refractivity contribution is 0.0620. The molecule has 0 spiro atoms. The fraction of sp³-hybridized carbons (Fsp3) is 0.294. The molecule has 2 heterocycles. The van der Waals surface area contributed by atoms with Crippen molar-refractivity contribution in [2.45, 2.75) is 0 Å². The maximum Gasteiger partial charge on any atom is 0.253 e. The predicted octanol–water partition coefficient (Wildman–Crippen LogP) is 2.68. The van der Waals surface area contributed by atoms with Gasteiger partial charge in [0.05, 0.1) is 12.8 Å². The van der Waals surface area contributed by atoms with Gasteiger partial charge < -0.3 is 9.32 Å². The Morgan fingerprint density at radius 2 is 1.87 bits per heavy atom. The standard InChI is InChI=1S/C17H17BrN2O3/c18-14-4-1-3-13(11-14)17(22)20-8-6-19(7-9-20)12-15(21)16-5-2-10-23-16/h1-5,10-11H,6-9,12H2. The molecule has 0 saturated carbocycles. The summed E-state index contributed by atoms with van der Waals surface area (Å²) in [5, 5.41) is 0. The SMILES string of the molecule is O=C(CN1CCN(C(=O)c2cccc(Br)c2)CC1)c1ccco1. The van der Waals surface area contributed by atoms with Gasteiger partial charge in [-0.05, 0) is 30.3 Å². The molecule has 0 radical (unpaired) electrons. The Bertz CT molecular complexity index is 692. The minimum absolute atomic E-state index is 0.0261. The summed E-state index contributed by atoms with van der Waals surface area (Å²) in [6.07, 6.45) is 1.50. The third-order valence-electron chi connectivity index (χ3n) is 3.89. The van der Waals surface area contributed by atoms with E-state index in [9.17, 15) is 9.59 Å². The summed E-state index contributed by atoms with van der Waals surface area (Å²) in [4.78, 5) is 28.4. The average Bonchev–Trinajstić information content (AvgIpc) is 3.09. The number of benzene rings is 1. The molecule has 2 aromatic rings. The summed E-state index contributed by atoms with van der Waals surface area (Å²) >= 11 is 3.38. The van der Waals surface area contributed by atoms with Gasteiger partial charge in [0.15, 0.2) is 5.76 Å². The van der Waals surface area contributed by atoms with Crippen molar-refractivity contribution < 1.29 is 14.0 Å². The monoisotopic (exact) mass is 376 g/mol. The molecule has 1 amide bonds. The molecule has 0 bridgehead atoms. The first-order valence-electron chi connectivity index (χ1n) is 7.47. The van der Waals surface area contributed by atoms with Crippen LogP contribution in [0.5, 0.6) is 0 Å². The Hall–Kier alpha value is -1.92. The summed E-state index contributed by atoms with van der Waals surface area (Å²) in [7, 11) is 0. The minimum Gasteiger partial charge on any atom is -0.461 e. The van der Waals surface area contributed by atoms with Crippen molar-refractivity contribution in [2.24, 2.45) is 0 Å². The molecule has 1 aliphatic rings. The number of piperazine rings is 1. The molecule has 5 nitrogen and oxygen atoms in total. The minimum atomic E-state index is -0.0261. The van der Waals surface area contributed by atoms with E-state index in [2.05, 4.69) is 20.8 Å². The molecule has 1 aromatic heterocycles. The van der Waals surface area contributed by atoms with E-state index in [0.29, 0.717) is 44.0 Å². The molecule has 1 saturated heterocycles. The fourth-order valence-corrected chi connectivity index (χ4v) is 3.03. The van der Waals surface area contributed by atoms with E-state index >= 15 is 0 Å². The van der Waals surface area contributed by atoms with Crippen LogP contribution in [-0.4, -0.2) is 54.2 Å². The van der Waals surface area contributed by atoms with E-state index in [1.165, 1.54) is 6.26 Å². The van der Waals surface area contributed by atoms with Crippen molar-refractivity contribution in [3.63, 3.8) is 0 Å². The van der Waals surface area contributed by atoms with Crippen molar-refractivity contribution in [3.05, 3.63) is 58.5 Å². The van der Waals surface area contributed by atoms with Gasteiger partial charge in [0, 0.05) is 36.2 Å². The number of carbonyl (C=O) groups excluding carboxylic acids is 2. The van der Waals surface area contributed by atoms with Gasteiger partial charge in [0.25, 0.3) is 5.91 Å². The number of carbonyl (C=O) groups is 2. The molecule has 1 aromatic carbocycles. The zero-order valence-corrected chi connectivity index (χ0v) is 14.2. The molecule has 1 fully saturated rings. The first kappa shape index (κ1) is 16.0. The second-order valence-corrected chi connectivity index (χ2v) is 6.39. The summed E-state index contributed by atoms with van der Waals surface area (Å²) in [5.74, 6) is 0.391. The first-order valence-corrected chi connectivity index (χ1v) is 8.27. The Morgan fingerprint density at radius 3 is 2.52 bits per heavy atom. The number of hydrogen-bond donors (Lipinski definition) is 0. The van der Waals surface area contributed by atoms with E-state index in [1.807, 2.05) is 29.2 Å². The average molecular weight is 377 g/mol. The van der Waals surface area contributed by atoms with Crippen molar-refractivity contribution in [3.8, 4) is 0 Å². The van der Waals surface area contributed by atoms with Gasteiger partial charge in [-0.25, -0.2) is 0 Å². The van der Waals surface area contributed by atoms with Crippen molar-refractivity contribution in [1.82, 2.24) is 9.80 Å². The van der Waals surface area contributed by atoms with Crippen LogP contribution >= 0.6 is 15.9 Å². The van der Waals surface area contributed by atoms with Crippen LogP contribution in [-0.2, 0) is 0 Å². The Kier molecular flexibility index (Phi) is 4.93. The summed E-state index contributed by atoms with van der Waals surface area (Å²) < 4.78 is 6.01. The van der Waals surface area contributed by atoms with Gasteiger partial charge >= 0.3 is 0 Å². The normalized spacial score (nSPS) is 15.6. The lowest BCUT2D eigenvalue weighted by Crippen LogP contribution is -2.49. The van der Waals surface area contributed by atoms with Gasteiger partial charge in [-0.2, -0.15) is 0 Å². The Morgan fingerprint density at radius 1 is 1.09 bits per heavy atom. The highest BCUT2D eigenvalue weighted by Gasteiger charge is 2.24. The highest BCUT2D eigenvalue weighted by Crippen LogP contribution is 2.15. The van der Waals surface area contributed by atoms with Crippen LogP contribution in [0.15, 0.2) is 51.6 Å². The lowest BCUT2D eigenvalue weighted by atomic mass is 10.1. The van der Waals surface area contributed by atoms with Crippen LogP contribution in [0.4, 0.5) is 0 Å². The number of nitrogens with zero attached hydrogens (tertiary/aromatic N) is 2. The molecule has 6 heteroatoms. The van der Waals surface area contributed by atoms with Crippen LogP contribution in [0.25, 0.3) is 0 Å². The molecular formula is C17H17BrN2O3. The maximum atomic E-state index is 12.5. The van der Waals surface area contributed by atoms with E-state index in [4.69, 9.17) is 4.42 Å². The molecule has 0 unspecified atom stereocenters. The number of rotatable bonds is 4. The maximum absolute atomic E-state index is 12.5. The smallest absolute Gasteiger partial charge is 0.253 e. The first-order chi connectivity index (χ1) is 11.1. The van der Waals surface area contributed by atoms with Crippen molar-refractivity contribution in [1.29, 1.82) is 0 Å². The van der Waals surface area contributed by atoms with E-state index in [0.717, 1.165) is 4.47 Å². The largest absolute Gasteiger partial charge is 0.461 e. The third kappa shape index (κ3) is 3.89. The van der Waals surface area contributed by atoms with Crippen LogP contribution in [0, 0.1) is 0 Å². The van der Waals surface area contributed by atoms with Gasteiger partial charge in [0.1, 0.15) is 0 Å². The van der Waals surface area contributed by atoms with Gasteiger partial charge in [-0.3, -0.25) is 14.5 Å². The molecule has 0 N–H and O–H groups in total. The Labute approximate surface area is 143 Å². The zero-order chi connectivity index (χ0) is 16.2. The number of ketones is 1. The van der Waals surface area contributed by atoms with Gasteiger partial charge in [-0.1, -0.05) is 22.0 Å². The molecule has 0 atom stereocenters. The molecule has 0 aliphatic carbocycles. The Balaban J connectivity index is 1.54. The number of amides is 1. The number of furan rings is 1. The highest BCUT2D eigenvalue weighted by atomic mass is 79.9. The van der Waals surface area contributed by atoms with Crippen LogP contribution in [0.2, 0.25) is 0 Å². The topological polar surface area (TPSA) is 53.8 Å². The van der Waals surface area contributed by atoms with E-state index in [-0.39, 0.29) is 11.7 Å². The summed E-state index contributed by atoms with van der Waals surface area (Å²) in [6, 6.07) is 10.8. The molecule has 23 heavy (non-hydrogen) atoms. The predicted molar refractivity (Wildman–Crippen MR) is 89.5 cm³/mol. The van der Waals surface area contributed by atoms with Crippen LogP contribution < -0.4 is 0 Å². The molecule has 3 rings (SSSR count). The molecule has 120 valence electrons. The molecule has 1 aliphatic heterocycles. The van der Waals surface area contributed by atoms with Crippen LogP contribution in [0.1, 0.15) is 20.9 Å². The number of hydrogen-bond acceptors (Lipinski definition) is 4. The van der Waals surface area contributed by atoms with Crippen molar-refractivity contribution >= 4 is 27.6 Å². The molecular weight excluding hydrogens is 360 g/mol. The summed E-state index contributed by atoms with van der Waals surface area (Å²) in [5.41, 5.74) is 0.680. The number of Topliss-reactive ketones (excluding diaryl/α,β-unsaturated/α-hetero) is 1. The second-order valence-electron chi connectivity index (χ2n) is 5.48. The van der Waals surface area contributed by atoms with E-state index in [1.54, 1.807) is 12.1 Å². The van der Waals surface area contributed by atoms with Crippen molar-refractivity contribution in [2.75, 3.05) is 32.7 Å². The zero-order valence-electron chi connectivity index (χ0n) is 12.6. The number of halogens is 1. The van der Waals surface area contributed by atoms with Gasteiger partial charge in [-0.15, -0.1) is 0 Å².